The molecule has 3 heteroatoms. The van der Waals surface area contributed by atoms with Crippen LogP contribution in [0.2, 0.25) is 0 Å². The number of para-hydroxylation sites is 1. The molecule has 2 aromatic rings. The molecule has 4 rings (SSSR count). The minimum Gasteiger partial charge on any atom is -0.397 e. The minimum atomic E-state index is 0.221. The van der Waals surface area contributed by atoms with E-state index in [1.54, 1.807) is 0 Å². The Balaban J connectivity index is 1.57. The maximum atomic E-state index is 6.41. The number of ether oxygens (including phenoxy) is 1. The first-order valence-electron chi connectivity index (χ1n) is 7.77. The van der Waals surface area contributed by atoms with E-state index in [0.717, 1.165) is 17.7 Å². The second kappa shape index (κ2) is 4.52. The summed E-state index contributed by atoms with van der Waals surface area (Å²) in [6.45, 7) is 0.930. The van der Waals surface area contributed by atoms with Gasteiger partial charge in [0.1, 0.15) is 0 Å². The third kappa shape index (κ3) is 1.92. The number of aromatic nitrogens is 1. The normalized spacial score (nSPS) is 24.9. The summed E-state index contributed by atoms with van der Waals surface area (Å²) in [5, 5.41) is 1.22. The molecule has 1 saturated carbocycles. The highest BCUT2D eigenvalue weighted by molar-refractivity contribution is 5.90. The molecule has 2 aliphatic rings. The molecule has 0 amide bonds. The quantitative estimate of drug-likeness (QED) is 0.845. The van der Waals surface area contributed by atoms with Crippen LogP contribution in [0.5, 0.6) is 0 Å². The first-order chi connectivity index (χ1) is 9.76. The van der Waals surface area contributed by atoms with E-state index in [1.165, 1.54) is 43.9 Å². The molecule has 0 bridgehead atoms. The van der Waals surface area contributed by atoms with E-state index in [9.17, 15) is 0 Å². The summed E-state index contributed by atoms with van der Waals surface area (Å²) in [5.41, 5.74) is 8.37. The van der Waals surface area contributed by atoms with Crippen LogP contribution >= 0.6 is 0 Å². The fourth-order valence-corrected chi connectivity index (χ4v) is 4.07. The number of rotatable bonds is 2. The molecule has 2 fully saturated rings. The smallest absolute Gasteiger partial charge is 0.0762 e. The van der Waals surface area contributed by atoms with Gasteiger partial charge in [-0.1, -0.05) is 25.0 Å². The van der Waals surface area contributed by atoms with Crippen molar-refractivity contribution in [3.05, 3.63) is 30.5 Å². The van der Waals surface area contributed by atoms with Crippen LogP contribution in [-0.2, 0) is 11.3 Å². The van der Waals surface area contributed by atoms with Crippen molar-refractivity contribution in [2.45, 2.75) is 56.8 Å². The van der Waals surface area contributed by atoms with Crippen LogP contribution in [0.25, 0.3) is 10.9 Å². The Morgan fingerprint density at radius 3 is 2.90 bits per heavy atom. The lowest BCUT2D eigenvalue weighted by molar-refractivity contribution is -0.0414. The number of benzene rings is 1. The molecule has 1 atom stereocenters. The number of hydrogen-bond donors (Lipinski definition) is 1. The number of anilines is 1. The predicted molar refractivity (Wildman–Crippen MR) is 81.7 cm³/mol. The third-order valence-corrected chi connectivity index (χ3v) is 5.07. The summed E-state index contributed by atoms with van der Waals surface area (Å²) in [6.07, 6.45) is 10.1. The Labute approximate surface area is 119 Å². The van der Waals surface area contributed by atoms with Crippen molar-refractivity contribution in [1.29, 1.82) is 0 Å². The van der Waals surface area contributed by atoms with Crippen LogP contribution in [0.1, 0.15) is 38.5 Å². The topological polar surface area (TPSA) is 40.2 Å². The molecule has 1 aromatic heterocycles. The molecular weight excluding hydrogens is 248 g/mol. The van der Waals surface area contributed by atoms with Gasteiger partial charge in [0.25, 0.3) is 0 Å². The zero-order valence-electron chi connectivity index (χ0n) is 11.8. The van der Waals surface area contributed by atoms with Gasteiger partial charge in [0.05, 0.1) is 22.9 Å². The van der Waals surface area contributed by atoms with Crippen LogP contribution < -0.4 is 5.73 Å². The molecule has 1 spiro atoms. The van der Waals surface area contributed by atoms with Crippen molar-refractivity contribution in [1.82, 2.24) is 4.57 Å². The summed E-state index contributed by atoms with van der Waals surface area (Å²) in [6, 6.07) is 8.26. The first kappa shape index (κ1) is 12.3. The largest absolute Gasteiger partial charge is 0.397 e. The van der Waals surface area contributed by atoms with Gasteiger partial charge in [-0.3, -0.25) is 0 Å². The lowest BCUT2D eigenvalue weighted by Crippen LogP contribution is -2.26. The summed E-state index contributed by atoms with van der Waals surface area (Å²) in [4.78, 5) is 0. The number of nitrogen functional groups attached to an aromatic ring is 1. The molecule has 1 unspecified atom stereocenters. The molecule has 20 heavy (non-hydrogen) atoms. The maximum absolute atomic E-state index is 6.41. The first-order valence-corrected chi connectivity index (χ1v) is 7.77. The summed E-state index contributed by atoms with van der Waals surface area (Å²) < 4.78 is 8.68. The number of hydrogen-bond acceptors (Lipinski definition) is 2. The van der Waals surface area contributed by atoms with Crippen LogP contribution in [0.3, 0.4) is 0 Å². The highest BCUT2D eigenvalue weighted by Gasteiger charge is 2.42. The maximum Gasteiger partial charge on any atom is 0.0762 e. The van der Waals surface area contributed by atoms with Crippen molar-refractivity contribution in [3.63, 3.8) is 0 Å². The Morgan fingerprint density at radius 1 is 1.20 bits per heavy atom. The molecule has 1 saturated heterocycles. The van der Waals surface area contributed by atoms with Gasteiger partial charge in [-0.05, 0) is 37.8 Å². The van der Waals surface area contributed by atoms with E-state index in [1.807, 2.05) is 12.1 Å². The molecule has 2 N–H and O–H groups in total. The molecule has 106 valence electrons. The Kier molecular flexibility index (Phi) is 2.77. The average molecular weight is 270 g/mol. The number of nitrogens with zero attached hydrogens (tertiary/aromatic N) is 1. The van der Waals surface area contributed by atoms with Gasteiger partial charge in [0, 0.05) is 18.1 Å². The zero-order valence-corrected chi connectivity index (χ0v) is 11.8. The van der Waals surface area contributed by atoms with Gasteiger partial charge in [-0.25, -0.2) is 0 Å². The van der Waals surface area contributed by atoms with Gasteiger partial charge >= 0.3 is 0 Å². The Morgan fingerprint density at radius 2 is 2.05 bits per heavy atom. The monoisotopic (exact) mass is 270 g/mol. The Bertz CT molecular complexity index is 625. The van der Waals surface area contributed by atoms with Crippen LogP contribution in [-0.4, -0.2) is 16.3 Å². The lowest BCUT2D eigenvalue weighted by Gasteiger charge is -2.24. The second-order valence-electron chi connectivity index (χ2n) is 6.42. The molecule has 0 radical (unpaired) electrons. The highest BCUT2D eigenvalue weighted by atomic mass is 16.5. The molecule has 3 nitrogen and oxygen atoms in total. The van der Waals surface area contributed by atoms with Crippen molar-refractivity contribution in [2.75, 3.05) is 5.73 Å². The lowest BCUT2D eigenvalue weighted by atomic mass is 9.98. The molecule has 1 aliphatic carbocycles. The molecule has 1 aromatic carbocycles. The standard InChI is InChI=1S/C17H22N2O/c18-15-5-3-4-13-7-11-19(16(13)15)12-14-6-10-17(20-14)8-1-2-9-17/h3-5,7,11,14H,1-2,6,8-10,12,18H2. The summed E-state index contributed by atoms with van der Waals surface area (Å²) >= 11 is 0. The number of nitrogens with two attached hydrogens (primary N) is 1. The van der Waals surface area contributed by atoms with Crippen LogP contribution in [0.4, 0.5) is 5.69 Å². The van der Waals surface area contributed by atoms with Gasteiger partial charge in [0.2, 0.25) is 0 Å². The second-order valence-corrected chi connectivity index (χ2v) is 6.42. The van der Waals surface area contributed by atoms with Crippen molar-refractivity contribution in [2.24, 2.45) is 0 Å². The van der Waals surface area contributed by atoms with E-state index < -0.39 is 0 Å². The number of fused-ring (bicyclic) bond motifs is 1. The van der Waals surface area contributed by atoms with E-state index in [0.29, 0.717) is 6.10 Å². The van der Waals surface area contributed by atoms with Crippen LogP contribution in [0, 0.1) is 0 Å². The van der Waals surface area contributed by atoms with Crippen LogP contribution in [0.15, 0.2) is 30.5 Å². The van der Waals surface area contributed by atoms with E-state index in [-0.39, 0.29) is 5.60 Å². The van der Waals surface area contributed by atoms with Gasteiger partial charge in [0.15, 0.2) is 0 Å². The fraction of sp³-hybridized carbons (Fsp3) is 0.529. The molecule has 2 heterocycles. The van der Waals surface area contributed by atoms with E-state index in [4.69, 9.17) is 10.5 Å². The predicted octanol–water partition coefficient (Wildman–Crippen LogP) is 3.72. The zero-order chi connectivity index (χ0) is 13.6. The van der Waals surface area contributed by atoms with Crippen molar-refractivity contribution in [3.8, 4) is 0 Å². The van der Waals surface area contributed by atoms with Gasteiger partial charge in [-0.15, -0.1) is 0 Å². The molecular formula is C17H22N2O. The Hall–Kier alpha value is -1.48. The molecule has 1 aliphatic heterocycles. The van der Waals surface area contributed by atoms with Crippen molar-refractivity contribution < 1.29 is 4.74 Å². The minimum absolute atomic E-state index is 0.221. The van der Waals surface area contributed by atoms with E-state index >= 15 is 0 Å². The van der Waals surface area contributed by atoms with Gasteiger partial charge < -0.3 is 15.0 Å². The SMILES string of the molecule is Nc1cccc2ccn(CC3CCC4(CCCC4)O3)c12. The third-order valence-electron chi connectivity index (χ3n) is 5.07. The van der Waals surface area contributed by atoms with E-state index in [2.05, 4.69) is 22.9 Å². The highest BCUT2D eigenvalue weighted by Crippen LogP contribution is 2.43. The van der Waals surface area contributed by atoms with Gasteiger partial charge in [-0.2, -0.15) is 0 Å². The average Bonchev–Trinajstić information content (AvgIpc) is 3.14. The van der Waals surface area contributed by atoms with Crippen molar-refractivity contribution >= 4 is 16.6 Å². The summed E-state index contributed by atoms with van der Waals surface area (Å²) in [7, 11) is 0. The fourth-order valence-electron chi connectivity index (χ4n) is 4.07. The summed E-state index contributed by atoms with van der Waals surface area (Å²) in [5.74, 6) is 0.